The number of ether oxygens (including phenoxy) is 1. The van der Waals surface area contributed by atoms with Gasteiger partial charge in [0.1, 0.15) is 12.4 Å². The molecule has 5 heteroatoms. The number of aryl methyl sites for hydroxylation is 2. The van der Waals surface area contributed by atoms with Gasteiger partial charge in [0.2, 0.25) is 0 Å². The molecule has 0 saturated carbocycles. The maximum Gasteiger partial charge on any atom is 0.131 e. The lowest BCUT2D eigenvalue weighted by molar-refractivity contribution is 0.297. The number of fused-ring (bicyclic) bond motifs is 1. The number of benzene rings is 1. The predicted octanol–water partition coefficient (Wildman–Crippen LogP) is 3.87. The van der Waals surface area contributed by atoms with E-state index < -0.39 is 0 Å². The van der Waals surface area contributed by atoms with Crippen molar-refractivity contribution in [3.8, 4) is 5.75 Å². The van der Waals surface area contributed by atoms with Gasteiger partial charge in [-0.25, -0.2) is 0 Å². The van der Waals surface area contributed by atoms with Crippen molar-refractivity contribution < 1.29 is 4.74 Å². The van der Waals surface area contributed by atoms with E-state index in [0.717, 1.165) is 38.9 Å². The summed E-state index contributed by atoms with van der Waals surface area (Å²) in [6, 6.07) is 9.85. The number of aromatic nitrogens is 3. The summed E-state index contributed by atoms with van der Waals surface area (Å²) in [6.07, 6.45) is 2.68. The molecule has 0 N–H and O–H groups in total. The maximum absolute atomic E-state index is 5.99. The van der Waals surface area contributed by atoms with Crippen LogP contribution in [-0.4, -0.2) is 14.8 Å². The van der Waals surface area contributed by atoms with Crippen LogP contribution in [0.1, 0.15) is 18.3 Å². The summed E-state index contributed by atoms with van der Waals surface area (Å²) < 4.78 is 8.89. The van der Waals surface area contributed by atoms with E-state index in [-0.39, 0.29) is 0 Å². The summed E-state index contributed by atoms with van der Waals surface area (Å²) in [7, 11) is 1.94. The SMILES string of the molecule is CCc1nn(C)c(COc2cccc3ncccc23)c1Br. The van der Waals surface area contributed by atoms with Crippen molar-refractivity contribution in [1.82, 2.24) is 14.8 Å². The molecule has 0 fully saturated rings. The molecule has 0 spiro atoms. The van der Waals surface area contributed by atoms with Crippen LogP contribution in [0.25, 0.3) is 10.9 Å². The van der Waals surface area contributed by atoms with Gasteiger partial charge in [0, 0.05) is 18.6 Å². The number of hydrogen-bond donors (Lipinski definition) is 0. The first-order chi connectivity index (χ1) is 10.2. The Morgan fingerprint density at radius 3 is 2.86 bits per heavy atom. The lowest BCUT2D eigenvalue weighted by Crippen LogP contribution is -2.04. The third-order valence-electron chi connectivity index (χ3n) is 3.47. The number of nitrogens with zero attached hydrogens (tertiary/aromatic N) is 3. The molecule has 0 aliphatic heterocycles. The smallest absolute Gasteiger partial charge is 0.131 e. The molecule has 0 aliphatic carbocycles. The van der Waals surface area contributed by atoms with Crippen molar-refractivity contribution >= 4 is 26.8 Å². The van der Waals surface area contributed by atoms with Crippen LogP contribution < -0.4 is 4.74 Å². The lowest BCUT2D eigenvalue weighted by Gasteiger charge is -2.09. The van der Waals surface area contributed by atoms with Crippen LogP contribution in [0, 0.1) is 0 Å². The Balaban J connectivity index is 1.89. The molecule has 1 aromatic carbocycles. The first-order valence-electron chi connectivity index (χ1n) is 6.87. The zero-order valence-electron chi connectivity index (χ0n) is 12.0. The molecular weight excluding hydrogens is 330 g/mol. The highest BCUT2D eigenvalue weighted by molar-refractivity contribution is 9.10. The number of pyridine rings is 1. The summed E-state index contributed by atoms with van der Waals surface area (Å²) in [4.78, 5) is 4.34. The summed E-state index contributed by atoms with van der Waals surface area (Å²) in [5, 5.41) is 5.50. The van der Waals surface area contributed by atoms with Crippen LogP contribution in [-0.2, 0) is 20.1 Å². The normalized spacial score (nSPS) is 11.0. The number of halogens is 1. The average Bonchev–Trinajstić information content (AvgIpc) is 2.79. The Morgan fingerprint density at radius 1 is 1.24 bits per heavy atom. The maximum atomic E-state index is 5.99. The van der Waals surface area contributed by atoms with Gasteiger partial charge in [0.05, 0.1) is 21.4 Å². The Morgan fingerprint density at radius 2 is 2.10 bits per heavy atom. The highest BCUT2D eigenvalue weighted by Crippen LogP contribution is 2.27. The summed E-state index contributed by atoms with van der Waals surface area (Å²) in [5.74, 6) is 0.840. The average molecular weight is 346 g/mol. The van der Waals surface area contributed by atoms with Crippen LogP contribution >= 0.6 is 15.9 Å². The Hall–Kier alpha value is -1.88. The van der Waals surface area contributed by atoms with Crippen LogP contribution in [0.4, 0.5) is 0 Å². The zero-order valence-corrected chi connectivity index (χ0v) is 13.6. The van der Waals surface area contributed by atoms with Crippen molar-refractivity contribution in [3.63, 3.8) is 0 Å². The van der Waals surface area contributed by atoms with E-state index in [0.29, 0.717) is 6.61 Å². The summed E-state index contributed by atoms with van der Waals surface area (Å²) >= 11 is 3.61. The monoisotopic (exact) mass is 345 g/mol. The second-order valence-corrected chi connectivity index (χ2v) is 5.59. The van der Waals surface area contributed by atoms with Crippen molar-refractivity contribution in [1.29, 1.82) is 0 Å². The van der Waals surface area contributed by atoms with Crippen LogP contribution in [0.3, 0.4) is 0 Å². The number of rotatable bonds is 4. The molecule has 3 rings (SSSR count). The summed E-state index contributed by atoms with van der Waals surface area (Å²) in [6.45, 7) is 2.56. The van der Waals surface area contributed by atoms with E-state index in [1.54, 1.807) is 6.20 Å². The van der Waals surface area contributed by atoms with Gasteiger partial charge >= 0.3 is 0 Å². The van der Waals surface area contributed by atoms with Crippen molar-refractivity contribution in [2.45, 2.75) is 20.0 Å². The largest absolute Gasteiger partial charge is 0.487 e. The standard InChI is InChI=1S/C16H16BrN3O/c1-3-12-16(17)14(20(2)19-12)10-21-15-8-4-7-13-11(15)6-5-9-18-13/h4-9H,3,10H2,1-2H3. The van der Waals surface area contributed by atoms with Gasteiger partial charge in [0.15, 0.2) is 0 Å². The molecule has 4 nitrogen and oxygen atoms in total. The Kier molecular flexibility index (Phi) is 3.92. The van der Waals surface area contributed by atoms with Gasteiger partial charge in [-0.1, -0.05) is 13.0 Å². The van der Waals surface area contributed by atoms with E-state index in [1.807, 2.05) is 42.1 Å². The molecule has 21 heavy (non-hydrogen) atoms. The van der Waals surface area contributed by atoms with E-state index in [1.165, 1.54) is 0 Å². The zero-order chi connectivity index (χ0) is 14.8. The van der Waals surface area contributed by atoms with Crippen LogP contribution in [0.5, 0.6) is 5.75 Å². The molecule has 2 heterocycles. The van der Waals surface area contributed by atoms with Crippen molar-refractivity contribution in [2.75, 3.05) is 0 Å². The second-order valence-electron chi connectivity index (χ2n) is 4.80. The molecule has 0 bridgehead atoms. The molecule has 108 valence electrons. The third kappa shape index (κ3) is 2.65. The highest BCUT2D eigenvalue weighted by Gasteiger charge is 2.13. The molecule has 0 radical (unpaired) electrons. The molecule has 0 aliphatic rings. The minimum absolute atomic E-state index is 0.470. The fourth-order valence-electron chi connectivity index (χ4n) is 2.32. The molecule has 2 aromatic heterocycles. The first kappa shape index (κ1) is 14.1. The molecule has 0 amide bonds. The highest BCUT2D eigenvalue weighted by atomic mass is 79.9. The molecule has 0 atom stereocenters. The minimum Gasteiger partial charge on any atom is -0.487 e. The van der Waals surface area contributed by atoms with Gasteiger partial charge in [0.25, 0.3) is 0 Å². The van der Waals surface area contributed by atoms with E-state index >= 15 is 0 Å². The second kappa shape index (κ2) is 5.85. The summed E-state index contributed by atoms with van der Waals surface area (Å²) in [5.41, 5.74) is 3.02. The van der Waals surface area contributed by atoms with Crippen molar-refractivity contribution in [2.24, 2.45) is 7.05 Å². The Labute approximate surface area is 131 Å². The molecule has 3 aromatic rings. The van der Waals surface area contributed by atoms with Gasteiger partial charge in [-0.15, -0.1) is 0 Å². The van der Waals surface area contributed by atoms with Crippen molar-refractivity contribution in [3.05, 3.63) is 52.4 Å². The lowest BCUT2D eigenvalue weighted by atomic mass is 10.2. The van der Waals surface area contributed by atoms with Gasteiger partial charge in [-0.05, 0) is 46.6 Å². The van der Waals surface area contributed by atoms with Gasteiger partial charge in [-0.3, -0.25) is 9.67 Å². The molecule has 0 saturated heterocycles. The number of hydrogen-bond acceptors (Lipinski definition) is 3. The Bertz CT molecular complexity index is 777. The van der Waals surface area contributed by atoms with E-state index in [2.05, 4.69) is 32.9 Å². The predicted molar refractivity (Wildman–Crippen MR) is 86.4 cm³/mol. The van der Waals surface area contributed by atoms with E-state index in [4.69, 9.17) is 4.74 Å². The van der Waals surface area contributed by atoms with E-state index in [9.17, 15) is 0 Å². The van der Waals surface area contributed by atoms with Gasteiger partial charge < -0.3 is 4.74 Å². The third-order valence-corrected chi connectivity index (χ3v) is 4.39. The molecular formula is C16H16BrN3O. The first-order valence-corrected chi connectivity index (χ1v) is 7.66. The quantitative estimate of drug-likeness (QED) is 0.720. The van der Waals surface area contributed by atoms with Crippen LogP contribution in [0.2, 0.25) is 0 Å². The topological polar surface area (TPSA) is 39.9 Å². The van der Waals surface area contributed by atoms with Crippen LogP contribution in [0.15, 0.2) is 41.0 Å². The van der Waals surface area contributed by atoms with Gasteiger partial charge in [-0.2, -0.15) is 5.10 Å². The fraction of sp³-hybridized carbons (Fsp3) is 0.250. The molecule has 0 unspecified atom stereocenters. The minimum atomic E-state index is 0.470. The fourth-order valence-corrected chi connectivity index (χ4v) is 3.05.